The molecule has 2 N–H and O–H groups in total. The number of carbonyl (C=O) groups excluding carboxylic acids is 1. The van der Waals surface area contributed by atoms with Gasteiger partial charge < -0.3 is 10.6 Å². The summed E-state index contributed by atoms with van der Waals surface area (Å²) < 4.78 is 0. The summed E-state index contributed by atoms with van der Waals surface area (Å²) >= 11 is 0. The number of rotatable bonds is 1. The Balaban J connectivity index is 1.87. The Morgan fingerprint density at radius 2 is 1.76 bits per heavy atom. The van der Waals surface area contributed by atoms with Gasteiger partial charge in [0.1, 0.15) is 0 Å². The van der Waals surface area contributed by atoms with Crippen LogP contribution in [0, 0.1) is 17.8 Å². The summed E-state index contributed by atoms with van der Waals surface area (Å²) in [4.78, 5) is 14.5. The first-order valence-corrected chi connectivity index (χ1v) is 7.12. The van der Waals surface area contributed by atoms with Gasteiger partial charge in [-0.15, -0.1) is 0 Å². The van der Waals surface area contributed by atoms with Crippen LogP contribution in [-0.4, -0.2) is 29.9 Å². The molecule has 1 saturated carbocycles. The number of hydrogen-bond donors (Lipinski definition) is 1. The molecule has 0 aromatic rings. The third-order valence-corrected chi connectivity index (χ3v) is 4.65. The van der Waals surface area contributed by atoms with Gasteiger partial charge in [-0.25, -0.2) is 0 Å². The monoisotopic (exact) mass is 238 g/mol. The molecule has 1 amide bonds. The van der Waals surface area contributed by atoms with Crippen LogP contribution in [-0.2, 0) is 4.79 Å². The lowest BCUT2D eigenvalue weighted by Gasteiger charge is -2.38. The minimum absolute atomic E-state index is 0.283. The number of amides is 1. The number of nitrogens with two attached hydrogens (primary N) is 1. The molecule has 0 aromatic heterocycles. The maximum absolute atomic E-state index is 12.4. The second-order valence-corrected chi connectivity index (χ2v) is 6.17. The fourth-order valence-electron chi connectivity index (χ4n) is 3.13. The van der Waals surface area contributed by atoms with Gasteiger partial charge in [-0.1, -0.05) is 13.8 Å². The van der Waals surface area contributed by atoms with Gasteiger partial charge in [-0.3, -0.25) is 4.79 Å². The van der Waals surface area contributed by atoms with Crippen molar-refractivity contribution in [3.8, 4) is 0 Å². The molecule has 98 valence electrons. The molecule has 1 saturated heterocycles. The summed E-state index contributed by atoms with van der Waals surface area (Å²) in [6.45, 7) is 6.19. The summed E-state index contributed by atoms with van der Waals surface area (Å²) in [7, 11) is 0. The number of carbonyl (C=O) groups is 1. The average Bonchev–Trinajstić information content (AvgIpc) is 2.33. The maximum Gasteiger partial charge on any atom is 0.225 e. The quantitative estimate of drug-likeness (QED) is 0.759. The van der Waals surface area contributed by atoms with E-state index in [4.69, 9.17) is 5.73 Å². The molecule has 2 aliphatic rings. The van der Waals surface area contributed by atoms with Gasteiger partial charge in [-0.2, -0.15) is 0 Å². The molecule has 0 unspecified atom stereocenters. The molecular formula is C14H26N2O. The van der Waals surface area contributed by atoms with Crippen LogP contribution in [0.2, 0.25) is 0 Å². The summed E-state index contributed by atoms with van der Waals surface area (Å²) in [6.07, 6.45) is 5.60. The number of likely N-dealkylation sites (tertiary alicyclic amines) is 1. The first-order chi connectivity index (χ1) is 8.08. The van der Waals surface area contributed by atoms with E-state index in [2.05, 4.69) is 18.7 Å². The zero-order valence-corrected chi connectivity index (χ0v) is 11.2. The zero-order valence-electron chi connectivity index (χ0n) is 11.2. The zero-order chi connectivity index (χ0) is 12.4. The smallest absolute Gasteiger partial charge is 0.225 e. The normalized spacial score (nSPS) is 39.1. The predicted molar refractivity (Wildman–Crippen MR) is 69.5 cm³/mol. The molecule has 0 radical (unpaired) electrons. The standard InChI is InChI=1S/C14H26N2O/c1-10-3-5-12(6-4-10)14(17)16-8-7-13(15)11(2)9-16/h10-13H,3-9,15H2,1-2H3/t10?,11-,12?,13-/m1/s1. The Hall–Kier alpha value is -0.570. The number of hydrogen-bond acceptors (Lipinski definition) is 2. The van der Waals surface area contributed by atoms with E-state index in [9.17, 15) is 4.79 Å². The van der Waals surface area contributed by atoms with Gasteiger partial charge in [0.25, 0.3) is 0 Å². The van der Waals surface area contributed by atoms with Crippen LogP contribution >= 0.6 is 0 Å². The first-order valence-electron chi connectivity index (χ1n) is 7.12. The molecule has 3 nitrogen and oxygen atoms in total. The Labute approximate surface area is 105 Å². The largest absolute Gasteiger partial charge is 0.342 e. The Bertz CT molecular complexity index is 271. The van der Waals surface area contributed by atoms with Crippen molar-refractivity contribution in [2.45, 2.75) is 52.0 Å². The minimum atomic E-state index is 0.283. The molecule has 17 heavy (non-hydrogen) atoms. The molecule has 2 atom stereocenters. The lowest BCUT2D eigenvalue weighted by atomic mass is 9.82. The van der Waals surface area contributed by atoms with Crippen LogP contribution < -0.4 is 5.73 Å². The molecule has 0 bridgehead atoms. The minimum Gasteiger partial charge on any atom is -0.342 e. The first kappa shape index (κ1) is 12.9. The van der Waals surface area contributed by atoms with Crippen LogP contribution in [0.25, 0.3) is 0 Å². The van der Waals surface area contributed by atoms with Crippen LogP contribution in [0.15, 0.2) is 0 Å². The highest BCUT2D eigenvalue weighted by molar-refractivity contribution is 5.79. The third kappa shape index (κ3) is 3.01. The van der Waals surface area contributed by atoms with Gasteiger partial charge in [0.2, 0.25) is 5.91 Å². The van der Waals surface area contributed by atoms with Crippen molar-refractivity contribution in [2.75, 3.05) is 13.1 Å². The predicted octanol–water partition coefficient (Wildman–Crippen LogP) is 2.01. The SMILES string of the molecule is CC1CCC(C(=O)N2CC[C@@H](N)[C@H](C)C2)CC1. The van der Waals surface area contributed by atoms with Crippen LogP contribution in [0.1, 0.15) is 46.0 Å². The van der Waals surface area contributed by atoms with Crippen molar-refractivity contribution in [3.05, 3.63) is 0 Å². The second kappa shape index (κ2) is 5.38. The van der Waals surface area contributed by atoms with Crippen LogP contribution in [0.4, 0.5) is 0 Å². The van der Waals surface area contributed by atoms with Crippen molar-refractivity contribution in [3.63, 3.8) is 0 Å². The van der Waals surface area contributed by atoms with E-state index in [1.807, 2.05) is 0 Å². The average molecular weight is 238 g/mol. The molecule has 0 spiro atoms. The third-order valence-electron chi connectivity index (χ3n) is 4.65. The molecule has 3 heteroatoms. The Morgan fingerprint density at radius 3 is 2.35 bits per heavy atom. The highest BCUT2D eigenvalue weighted by atomic mass is 16.2. The van der Waals surface area contributed by atoms with E-state index in [0.717, 1.165) is 38.3 Å². The second-order valence-electron chi connectivity index (χ2n) is 6.17. The van der Waals surface area contributed by atoms with Crippen molar-refractivity contribution in [1.82, 2.24) is 4.90 Å². The van der Waals surface area contributed by atoms with Gasteiger partial charge >= 0.3 is 0 Å². The van der Waals surface area contributed by atoms with Crippen LogP contribution in [0.5, 0.6) is 0 Å². The topological polar surface area (TPSA) is 46.3 Å². The van der Waals surface area contributed by atoms with E-state index < -0.39 is 0 Å². The van der Waals surface area contributed by atoms with Gasteiger partial charge in [0, 0.05) is 25.0 Å². The van der Waals surface area contributed by atoms with Crippen molar-refractivity contribution in [1.29, 1.82) is 0 Å². The summed E-state index contributed by atoms with van der Waals surface area (Å²) in [5, 5.41) is 0. The molecule has 1 aliphatic carbocycles. The van der Waals surface area contributed by atoms with Crippen molar-refractivity contribution < 1.29 is 4.79 Å². The maximum atomic E-state index is 12.4. The van der Waals surface area contributed by atoms with E-state index in [-0.39, 0.29) is 6.04 Å². The highest BCUT2D eigenvalue weighted by Crippen LogP contribution is 2.30. The summed E-state index contributed by atoms with van der Waals surface area (Å²) in [5.41, 5.74) is 6.00. The fourth-order valence-corrected chi connectivity index (χ4v) is 3.13. The fraction of sp³-hybridized carbons (Fsp3) is 0.929. The van der Waals surface area contributed by atoms with Crippen molar-refractivity contribution in [2.24, 2.45) is 23.5 Å². The lowest BCUT2D eigenvalue weighted by molar-refractivity contribution is -0.138. The summed E-state index contributed by atoms with van der Waals surface area (Å²) in [6, 6.07) is 0.283. The van der Waals surface area contributed by atoms with E-state index in [1.165, 1.54) is 12.8 Å². The molecule has 1 heterocycles. The number of nitrogens with zero attached hydrogens (tertiary/aromatic N) is 1. The summed E-state index contributed by atoms with van der Waals surface area (Å²) in [5.74, 6) is 1.96. The van der Waals surface area contributed by atoms with E-state index >= 15 is 0 Å². The van der Waals surface area contributed by atoms with Gasteiger partial charge in [-0.05, 0) is 43.9 Å². The molecular weight excluding hydrogens is 212 g/mol. The molecule has 2 rings (SSSR count). The molecule has 0 aromatic carbocycles. The van der Waals surface area contributed by atoms with Gasteiger partial charge in [0.05, 0.1) is 0 Å². The highest BCUT2D eigenvalue weighted by Gasteiger charge is 2.32. The Morgan fingerprint density at radius 1 is 1.12 bits per heavy atom. The van der Waals surface area contributed by atoms with E-state index in [0.29, 0.717) is 17.7 Å². The molecule has 1 aliphatic heterocycles. The lowest BCUT2D eigenvalue weighted by Crippen LogP contribution is -2.50. The van der Waals surface area contributed by atoms with Gasteiger partial charge in [0.15, 0.2) is 0 Å². The van der Waals surface area contributed by atoms with Crippen LogP contribution in [0.3, 0.4) is 0 Å². The molecule has 2 fully saturated rings. The Kier molecular flexibility index (Phi) is 4.08. The van der Waals surface area contributed by atoms with E-state index in [1.54, 1.807) is 0 Å². The van der Waals surface area contributed by atoms with Crippen molar-refractivity contribution >= 4 is 5.91 Å². The number of piperidine rings is 1.